The molecule has 1 nitrogen and oxygen atoms in total. The number of nitrogens with one attached hydrogen (secondary N) is 1. The van der Waals surface area contributed by atoms with Crippen molar-refractivity contribution < 1.29 is 0 Å². The van der Waals surface area contributed by atoms with Gasteiger partial charge in [-0.3, -0.25) is 0 Å². The van der Waals surface area contributed by atoms with Crippen LogP contribution < -0.4 is 5.32 Å². The molecule has 5 unspecified atom stereocenters. The number of hydrogen-bond donors (Lipinski definition) is 1. The molecule has 3 bridgehead atoms. The molecular formula is C35H33N. The van der Waals surface area contributed by atoms with E-state index in [9.17, 15) is 0 Å². The summed E-state index contributed by atoms with van der Waals surface area (Å²) in [5, 5.41) is 3.74. The fourth-order valence-corrected chi connectivity index (χ4v) is 8.76. The van der Waals surface area contributed by atoms with Gasteiger partial charge < -0.3 is 5.32 Å². The first-order valence-electron chi connectivity index (χ1n) is 13.9. The number of fused-ring (bicyclic) bond motifs is 8. The molecular weight excluding hydrogens is 434 g/mol. The van der Waals surface area contributed by atoms with Crippen LogP contribution in [-0.2, 0) is 5.41 Å². The Morgan fingerprint density at radius 3 is 2.33 bits per heavy atom. The Morgan fingerprint density at radius 1 is 0.583 bits per heavy atom. The van der Waals surface area contributed by atoms with Crippen LogP contribution in [-0.4, -0.2) is 0 Å². The van der Waals surface area contributed by atoms with Crippen molar-refractivity contribution in [3.8, 4) is 22.3 Å². The molecule has 5 atom stereocenters. The van der Waals surface area contributed by atoms with Gasteiger partial charge in [0, 0.05) is 16.8 Å². The smallest absolute Gasteiger partial charge is 0.0390 e. The summed E-state index contributed by atoms with van der Waals surface area (Å²) in [6, 6.07) is 36.1. The lowest BCUT2D eigenvalue weighted by Gasteiger charge is -2.57. The molecule has 36 heavy (non-hydrogen) atoms. The molecule has 0 aliphatic heterocycles. The zero-order chi connectivity index (χ0) is 23.7. The van der Waals surface area contributed by atoms with Crippen LogP contribution in [0.5, 0.6) is 0 Å². The second-order valence-electron chi connectivity index (χ2n) is 11.9. The van der Waals surface area contributed by atoms with E-state index < -0.39 is 0 Å². The van der Waals surface area contributed by atoms with Crippen molar-refractivity contribution in [1.82, 2.24) is 0 Å². The van der Waals surface area contributed by atoms with Crippen molar-refractivity contribution in [1.29, 1.82) is 0 Å². The molecule has 0 heterocycles. The molecule has 3 saturated carbocycles. The highest BCUT2D eigenvalue weighted by Crippen LogP contribution is 2.66. The summed E-state index contributed by atoms with van der Waals surface area (Å²) in [5.41, 5.74) is 11.2. The lowest BCUT2D eigenvalue weighted by Crippen LogP contribution is -2.50. The number of anilines is 2. The van der Waals surface area contributed by atoms with E-state index >= 15 is 0 Å². The molecule has 4 aromatic carbocycles. The first kappa shape index (κ1) is 20.8. The Balaban J connectivity index is 1.19. The normalized spacial score (nSPS) is 29.1. The summed E-state index contributed by atoms with van der Waals surface area (Å²) in [6.45, 7) is 0. The molecule has 1 spiro atoms. The monoisotopic (exact) mass is 467 g/mol. The van der Waals surface area contributed by atoms with Gasteiger partial charge in [-0.05, 0) is 113 Å². The second kappa shape index (κ2) is 7.84. The maximum atomic E-state index is 3.74. The molecule has 8 rings (SSSR count). The van der Waals surface area contributed by atoms with Crippen LogP contribution in [0.25, 0.3) is 22.3 Å². The minimum Gasteiger partial charge on any atom is -0.355 e. The first-order chi connectivity index (χ1) is 17.8. The molecule has 4 aliphatic rings. The van der Waals surface area contributed by atoms with Crippen LogP contribution in [0, 0.1) is 23.7 Å². The zero-order valence-electron chi connectivity index (χ0n) is 20.8. The average Bonchev–Trinajstić information content (AvgIpc) is 3.20. The van der Waals surface area contributed by atoms with Crippen LogP contribution >= 0.6 is 0 Å². The minimum absolute atomic E-state index is 0.234. The third-order valence-corrected chi connectivity index (χ3v) is 10.2. The fraction of sp³-hybridized carbons (Fsp3) is 0.314. The van der Waals surface area contributed by atoms with E-state index in [0.29, 0.717) is 0 Å². The number of hydrogen-bond acceptors (Lipinski definition) is 1. The van der Waals surface area contributed by atoms with Gasteiger partial charge in [0.15, 0.2) is 0 Å². The summed E-state index contributed by atoms with van der Waals surface area (Å²) >= 11 is 0. The molecule has 4 aromatic rings. The molecule has 4 aliphatic carbocycles. The summed E-state index contributed by atoms with van der Waals surface area (Å²) in [4.78, 5) is 0. The highest BCUT2D eigenvalue weighted by atomic mass is 14.9. The Hall–Kier alpha value is -3.32. The second-order valence-corrected chi connectivity index (χ2v) is 11.9. The summed E-state index contributed by atoms with van der Waals surface area (Å²) < 4.78 is 0. The Kier molecular flexibility index (Phi) is 4.54. The van der Waals surface area contributed by atoms with Crippen molar-refractivity contribution in [3.63, 3.8) is 0 Å². The summed E-state index contributed by atoms with van der Waals surface area (Å²) in [5.74, 6) is 3.68. The SMILES string of the molecule is c1ccc(-c2cccc(Nc3ccc4c(c3)-c3ccccc3C43CC4CCC5CC4CC3C5)c2)cc1. The maximum Gasteiger partial charge on any atom is 0.0390 e. The number of benzene rings is 4. The van der Waals surface area contributed by atoms with Gasteiger partial charge in [0.25, 0.3) is 0 Å². The van der Waals surface area contributed by atoms with Gasteiger partial charge >= 0.3 is 0 Å². The standard InChI is InChI=1S/C35H33N/c1-2-7-24(8-3-1)25-9-6-10-29(20-25)36-30-15-16-34-32(21-30)31-11-4-5-12-33(31)35(34)22-26-14-13-23-17-27(26)19-28(35)18-23/h1-12,15-16,20-21,23,26-28,36H,13-14,17-19,22H2. The maximum absolute atomic E-state index is 3.74. The molecule has 3 fully saturated rings. The van der Waals surface area contributed by atoms with Gasteiger partial charge in [0.2, 0.25) is 0 Å². The molecule has 0 saturated heterocycles. The van der Waals surface area contributed by atoms with E-state index in [4.69, 9.17) is 0 Å². The van der Waals surface area contributed by atoms with Crippen molar-refractivity contribution >= 4 is 11.4 Å². The first-order valence-corrected chi connectivity index (χ1v) is 13.9. The lowest BCUT2D eigenvalue weighted by molar-refractivity contribution is -0.0103. The minimum atomic E-state index is 0.234. The molecule has 1 heteroatoms. The predicted octanol–water partition coefficient (Wildman–Crippen LogP) is 9.21. The predicted molar refractivity (Wildman–Crippen MR) is 149 cm³/mol. The van der Waals surface area contributed by atoms with E-state index in [1.54, 1.807) is 11.1 Å². The molecule has 0 amide bonds. The fourth-order valence-electron chi connectivity index (χ4n) is 8.76. The quantitative estimate of drug-likeness (QED) is 0.317. The van der Waals surface area contributed by atoms with Crippen molar-refractivity contribution in [3.05, 3.63) is 108 Å². The van der Waals surface area contributed by atoms with Crippen molar-refractivity contribution in [2.45, 2.75) is 43.9 Å². The number of rotatable bonds is 3. The Bertz CT molecular complexity index is 1450. The van der Waals surface area contributed by atoms with Crippen LogP contribution in [0.4, 0.5) is 11.4 Å². The Morgan fingerprint density at radius 2 is 1.39 bits per heavy atom. The van der Waals surface area contributed by atoms with Gasteiger partial charge in [0.1, 0.15) is 0 Å². The largest absolute Gasteiger partial charge is 0.355 e. The lowest BCUT2D eigenvalue weighted by atomic mass is 9.47. The van der Waals surface area contributed by atoms with E-state index in [0.717, 1.165) is 29.4 Å². The Labute approximate surface area is 214 Å². The highest BCUT2D eigenvalue weighted by molar-refractivity contribution is 5.84. The van der Waals surface area contributed by atoms with E-state index in [-0.39, 0.29) is 5.41 Å². The van der Waals surface area contributed by atoms with Gasteiger partial charge in [-0.2, -0.15) is 0 Å². The average molecular weight is 468 g/mol. The van der Waals surface area contributed by atoms with Crippen LogP contribution in [0.3, 0.4) is 0 Å². The van der Waals surface area contributed by atoms with Crippen LogP contribution in [0.15, 0.2) is 97.1 Å². The molecule has 0 aromatic heterocycles. The summed E-state index contributed by atoms with van der Waals surface area (Å²) in [7, 11) is 0. The molecule has 0 radical (unpaired) electrons. The van der Waals surface area contributed by atoms with Crippen LogP contribution in [0.2, 0.25) is 0 Å². The van der Waals surface area contributed by atoms with Crippen molar-refractivity contribution in [2.75, 3.05) is 5.32 Å². The molecule has 178 valence electrons. The van der Waals surface area contributed by atoms with Crippen LogP contribution in [0.1, 0.15) is 49.7 Å². The topological polar surface area (TPSA) is 12.0 Å². The van der Waals surface area contributed by atoms with Crippen molar-refractivity contribution in [2.24, 2.45) is 23.7 Å². The van der Waals surface area contributed by atoms with E-state index in [1.807, 2.05) is 0 Å². The van der Waals surface area contributed by atoms with Gasteiger partial charge in [-0.1, -0.05) is 79.2 Å². The van der Waals surface area contributed by atoms with Gasteiger partial charge in [-0.15, -0.1) is 0 Å². The molecule has 1 N–H and O–H groups in total. The van der Waals surface area contributed by atoms with E-state index in [2.05, 4.69) is 102 Å². The van der Waals surface area contributed by atoms with E-state index in [1.165, 1.54) is 66.5 Å². The zero-order valence-corrected chi connectivity index (χ0v) is 20.8. The van der Waals surface area contributed by atoms with Gasteiger partial charge in [-0.25, -0.2) is 0 Å². The summed E-state index contributed by atoms with van der Waals surface area (Å²) in [6.07, 6.45) is 8.69. The highest BCUT2D eigenvalue weighted by Gasteiger charge is 2.57. The third kappa shape index (κ3) is 3.01. The third-order valence-electron chi connectivity index (χ3n) is 10.2. The van der Waals surface area contributed by atoms with Gasteiger partial charge in [0.05, 0.1) is 0 Å².